The number of hydrazone groups is 1. The van der Waals surface area contributed by atoms with Crippen LogP contribution in [0.2, 0.25) is 0 Å². The maximum Gasteiger partial charge on any atom is 0.294 e. The van der Waals surface area contributed by atoms with Gasteiger partial charge in [0.05, 0.1) is 27.0 Å². The number of aromatic nitrogens is 5. The molecule has 3 N–H and O–H groups in total. The van der Waals surface area contributed by atoms with Crippen LogP contribution in [0.4, 0.5) is 5.82 Å². The molecular formula is C22H22N8O5. The summed E-state index contributed by atoms with van der Waals surface area (Å²) in [4.78, 5) is 13.0. The SMILES string of the molecule is CCOc1ccc(-c2c(C(=O)NN=Cc3cc(OC)ccc3OC)nnn2-c2nonc2N)cc1. The lowest BCUT2D eigenvalue weighted by Crippen LogP contribution is -2.19. The van der Waals surface area contributed by atoms with Gasteiger partial charge in [-0.15, -0.1) is 5.10 Å². The van der Waals surface area contributed by atoms with Gasteiger partial charge >= 0.3 is 0 Å². The number of carbonyl (C=O) groups is 1. The third-order valence-electron chi connectivity index (χ3n) is 4.83. The summed E-state index contributed by atoms with van der Waals surface area (Å²) in [5.74, 6) is 1.29. The van der Waals surface area contributed by atoms with Gasteiger partial charge in [-0.25, -0.2) is 10.1 Å². The van der Waals surface area contributed by atoms with Crippen LogP contribution < -0.4 is 25.4 Å². The number of methoxy groups -OCH3 is 2. The second kappa shape index (κ2) is 10.3. The largest absolute Gasteiger partial charge is 0.497 e. The van der Waals surface area contributed by atoms with Crippen molar-refractivity contribution >= 4 is 17.9 Å². The maximum absolute atomic E-state index is 13.0. The van der Waals surface area contributed by atoms with Gasteiger partial charge in [0.1, 0.15) is 22.9 Å². The van der Waals surface area contributed by atoms with Crippen LogP contribution in [0.15, 0.2) is 52.2 Å². The fourth-order valence-electron chi connectivity index (χ4n) is 3.21. The fourth-order valence-corrected chi connectivity index (χ4v) is 3.21. The molecule has 35 heavy (non-hydrogen) atoms. The van der Waals surface area contributed by atoms with Gasteiger partial charge in [0, 0.05) is 11.1 Å². The first-order valence-electron chi connectivity index (χ1n) is 10.4. The quantitative estimate of drug-likeness (QED) is 0.269. The van der Waals surface area contributed by atoms with E-state index in [0.29, 0.717) is 40.7 Å². The van der Waals surface area contributed by atoms with Crippen molar-refractivity contribution in [1.82, 2.24) is 30.7 Å². The number of ether oxygens (including phenoxy) is 3. The molecule has 13 heteroatoms. The minimum atomic E-state index is -0.617. The Kier molecular flexibility index (Phi) is 6.86. The lowest BCUT2D eigenvalue weighted by atomic mass is 10.1. The first-order valence-corrected chi connectivity index (χ1v) is 10.4. The molecule has 0 fully saturated rings. The number of nitrogens with one attached hydrogen (secondary N) is 1. The number of carbonyl (C=O) groups excluding carboxylic acids is 1. The zero-order valence-electron chi connectivity index (χ0n) is 19.1. The first-order chi connectivity index (χ1) is 17.0. The van der Waals surface area contributed by atoms with Crippen molar-refractivity contribution in [2.75, 3.05) is 26.6 Å². The molecule has 2 aromatic heterocycles. The molecule has 13 nitrogen and oxygen atoms in total. The molecule has 4 aromatic rings. The highest BCUT2D eigenvalue weighted by molar-refractivity contribution is 5.99. The Balaban J connectivity index is 1.67. The molecule has 2 aromatic carbocycles. The van der Waals surface area contributed by atoms with E-state index in [-0.39, 0.29) is 17.3 Å². The van der Waals surface area contributed by atoms with E-state index >= 15 is 0 Å². The standard InChI is InChI=1S/C22H22N8O5/c1-4-34-15-7-5-13(6-8-15)19-18(25-29-30(19)21-20(23)27-35-28-21)22(31)26-24-12-14-11-16(32-2)9-10-17(14)33-3/h5-12H,4H2,1-3H3,(H2,23,27)(H,26,31). The van der Waals surface area contributed by atoms with Gasteiger partial charge in [0.15, 0.2) is 5.69 Å². The van der Waals surface area contributed by atoms with Crippen LogP contribution in [0.3, 0.4) is 0 Å². The Morgan fingerprint density at radius 2 is 1.91 bits per heavy atom. The van der Waals surface area contributed by atoms with E-state index in [1.807, 2.05) is 6.92 Å². The van der Waals surface area contributed by atoms with Crippen molar-refractivity contribution in [2.45, 2.75) is 6.92 Å². The average Bonchev–Trinajstić information content (AvgIpc) is 3.50. The minimum Gasteiger partial charge on any atom is -0.497 e. The van der Waals surface area contributed by atoms with Crippen LogP contribution in [0, 0.1) is 0 Å². The summed E-state index contributed by atoms with van der Waals surface area (Å²) in [5.41, 5.74) is 9.78. The van der Waals surface area contributed by atoms with Crippen molar-refractivity contribution in [3.8, 4) is 34.3 Å². The molecule has 0 radical (unpaired) electrons. The predicted octanol–water partition coefficient (Wildman–Crippen LogP) is 2.08. The van der Waals surface area contributed by atoms with E-state index in [2.05, 4.69) is 35.8 Å². The lowest BCUT2D eigenvalue weighted by molar-refractivity contribution is 0.0950. The van der Waals surface area contributed by atoms with Gasteiger partial charge in [-0.05, 0) is 59.7 Å². The molecule has 0 saturated carbocycles. The number of hydrogen-bond acceptors (Lipinski definition) is 11. The monoisotopic (exact) mass is 478 g/mol. The van der Waals surface area contributed by atoms with Crippen LogP contribution in [0.25, 0.3) is 17.1 Å². The number of nitrogens with two attached hydrogens (primary N) is 1. The molecule has 1 amide bonds. The highest BCUT2D eigenvalue weighted by Gasteiger charge is 2.25. The molecule has 4 rings (SSSR count). The minimum absolute atomic E-state index is 0.0165. The molecule has 0 aliphatic carbocycles. The molecule has 2 heterocycles. The van der Waals surface area contributed by atoms with Gasteiger partial charge in [0.25, 0.3) is 5.91 Å². The van der Waals surface area contributed by atoms with Crippen LogP contribution >= 0.6 is 0 Å². The maximum atomic E-state index is 13.0. The topological polar surface area (TPSA) is 165 Å². The van der Waals surface area contributed by atoms with Crippen LogP contribution in [0.1, 0.15) is 23.0 Å². The van der Waals surface area contributed by atoms with Crippen LogP contribution in [-0.2, 0) is 0 Å². The summed E-state index contributed by atoms with van der Waals surface area (Å²) < 4.78 is 22.0. The Bertz CT molecular complexity index is 1350. The van der Waals surface area contributed by atoms with Gasteiger partial charge < -0.3 is 19.9 Å². The van der Waals surface area contributed by atoms with E-state index in [1.54, 1.807) is 49.6 Å². The Labute approximate surface area is 199 Å². The molecular weight excluding hydrogens is 456 g/mol. The Hall–Kier alpha value is -4.94. The number of amides is 1. The zero-order chi connectivity index (χ0) is 24.8. The second-order valence-electron chi connectivity index (χ2n) is 6.94. The molecule has 180 valence electrons. The number of nitrogen functional groups attached to an aromatic ring is 1. The van der Waals surface area contributed by atoms with Crippen molar-refractivity contribution < 1.29 is 23.6 Å². The summed E-state index contributed by atoms with van der Waals surface area (Å²) >= 11 is 0. The number of rotatable bonds is 9. The smallest absolute Gasteiger partial charge is 0.294 e. The molecule has 0 saturated heterocycles. The molecule has 0 atom stereocenters. The number of anilines is 1. The third kappa shape index (κ3) is 4.88. The first kappa shape index (κ1) is 23.2. The number of hydrogen-bond donors (Lipinski definition) is 2. The zero-order valence-corrected chi connectivity index (χ0v) is 19.1. The Morgan fingerprint density at radius 1 is 1.14 bits per heavy atom. The van der Waals surface area contributed by atoms with Crippen LogP contribution in [0.5, 0.6) is 17.2 Å². The third-order valence-corrected chi connectivity index (χ3v) is 4.83. The van der Waals surface area contributed by atoms with Crippen LogP contribution in [-0.4, -0.2) is 58.3 Å². The van der Waals surface area contributed by atoms with E-state index in [4.69, 9.17) is 19.9 Å². The van der Waals surface area contributed by atoms with E-state index in [9.17, 15) is 4.79 Å². The lowest BCUT2D eigenvalue weighted by Gasteiger charge is -2.08. The summed E-state index contributed by atoms with van der Waals surface area (Å²) in [6, 6.07) is 12.2. The summed E-state index contributed by atoms with van der Waals surface area (Å²) in [5, 5.41) is 19.4. The average molecular weight is 478 g/mol. The molecule has 0 unspecified atom stereocenters. The van der Waals surface area contributed by atoms with Crippen molar-refractivity contribution in [3.05, 3.63) is 53.7 Å². The van der Waals surface area contributed by atoms with Crippen molar-refractivity contribution in [1.29, 1.82) is 0 Å². The molecule has 0 aliphatic heterocycles. The molecule has 0 bridgehead atoms. The highest BCUT2D eigenvalue weighted by atomic mass is 16.6. The van der Waals surface area contributed by atoms with Crippen molar-refractivity contribution in [2.24, 2.45) is 5.10 Å². The van der Waals surface area contributed by atoms with Crippen molar-refractivity contribution in [3.63, 3.8) is 0 Å². The van der Waals surface area contributed by atoms with E-state index in [0.717, 1.165) is 0 Å². The van der Waals surface area contributed by atoms with Gasteiger partial charge in [-0.1, -0.05) is 5.21 Å². The van der Waals surface area contributed by atoms with Gasteiger partial charge in [0.2, 0.25) is 11.6 Å². The van der Waals surface area contributed by atoms with Gasteiger partial charge in [-0.2, -0.15) is 9.78 Å². The molecule has 0 aliphatic rings. The summed E-state index contributed by atoms with van der Waals surface area (Å²) in [6.07, 6.45) is 1.43. The number of nitrogens with zero attached hydrogens (tertiary/aromatic N) is 6. The second-order valence-corrected chi connectivity index (χ2v) is 6.94. The Morgan fingerprint density at radius 3 is 2.57 bits per heavy atom. The summed E-state index contributed by atoms with van der Waals surface area (Å²) in [6.45, 7) is 2.40. The fraction of sp³-hybridized carbons (Fsp3) is 0.182. The molecule has 0 spiro atoms. The van der Waals surface area contributed by atoms with E-state index in [1.165, 1.54) is 18.0 Å². The summed E-state index contributed by atoms with van der Waals surface area (Å²) in [7, 11) is 3.08. The predicted molar refractivity (Wildman–Crippen MR) is 125 cm³/mol. The normalized spacial score (nSPS) is 10.9. The van der Waals surface area contributed by atoms with E-state index < -0.39 is 5.91 Å². The number of benzene rings is 2. The highest BCUT2D eigenvalue weighted by Crippen LogP contribution is 2.28. The van der Waals surface area contributed by atoms with Gasteiger partial charge in [-0.3, -0.25) is 4.79 Å².